The molecule has 5 rings (SSSR count). The molecule has 39 heavy (non-hydrogen) atoms. The minimum Gasteiger partial charge on any atom is -0.496 e. The van der Waals surface area contributed by atoms with Gasteiger partial charge in [0.15, 0.2) is 11.6 Å². The summed E-state index contributed by atoms with van der Waals surface area (Å²) in [6, 6.07) is 5.26. The number of aliphatic hydroxyl groups excluding tert-OH is 1. The molecule has 0 bridgehead atoms. The SMILES string of the molecule is COC(=O)N1c2ccc3c(nc([C@H](O)c4c(OC)ccc(F)c4F)n3[C@@H]3CCC[C@@H](C(=O)O)C3)c2CC[C@@H]1C. The number of aliphatic hydroxyl groups is 1. The smallest absolute Gasteiger partial charge is 0.414 e. The Bertz CT molecular complexity index is 1440. The molecule has 1 aliphatic carbocycles. The van der Waals surface area contributed by atoms with Gasteiger partial charge in [0.2, 0.25) is 0 Å². The highest BCUT2D eigenvalue weighted by molar-refractivity contribution is 5.95. The van der Waals surface area contributed by atoms with E-state index in [-0.39, 0.29) is 23.7 Å². The van der Waals surface area contributed by atoms with Gasteiger partial charge in [-0.25, -0.2) is 18.6 Å². The van der Waals surface area contributed by atoms with Crippen LogP contribution in [0.15, 0.2) is 24.3 Å². The van der Waals surface area contributed by atoms with Crippen LogP contribution in [0.25, 0.3) is 11.0 Å². The molecule has 1 amide bonds. The molecule has 2 aromatic carbocycles. The number of hydrogen-bond acceptors (Lipinski definition) is 6. The lowest BCUT2D eigenvalue weighted by molar-refractivity contribution is -0.143. The van der Waals surface area contributed by atoms with Gasteiger partial charge in [0.05, 0.1) is 42.4 Å². The number of methoxy groups -OCH3 is 2. The summed E-state index contributed by atoms with van der Waals surface area (Å²) in [5, 5.41) is 21.3. The van der Waals surface area contributed by atoms with Crippen molar-refractivity contribution in [1.82, 2.24) is 9.55 Å². The van der Waals surface area contributed by atoms with E-state index in [0.29, 0.717) is 55.2 Å². The predicted molar refractivity (Wildman–Crippen MR) is 138 cm³/mol. The number of rotatable bonds is 5. The number of aromatic nitrogens is 2. The number of imidazole rings is 1. The highest BCUT2D eigenvalue weighted by Crippen LogP contribution is 2.43. The van der Waals surface area contributed by atoms with Crippen LogP contribution in [0.4, 0.5) is 19.3 Å². The molecular weight excluding hydrogens is 512 g/mol. The molecule has 4 atom stereocenters. The van der Waals surface area contributed by atoms with Crippen molar-refractivity contribution in [3.63, 3.8) is 0 Å². The van der Waals surface area contributed by atoms with Crippen LogP contribution in [0, 0.1) is 17.6 Å². The number of anilines is 1. The number of hydrogen-bond donors (Lipinski definition) is 2. The number of ether oxygens (including phenoxy) is 2. The number of aryl methyl sites for hydroxylation is 1. The first kappa shape index (κ1) is 26.9. The zero-order chi connectivity index (χ0) is 28.0. The van der Waals surface area contributed by atoms with Crippen LogP contribution in [-0.2, 0) is 16.0 Å². The molecule has 2 heterocycles. The molecule has 0 saturated heterocycles. The fourth-order valence-corrected chi connectivity index (χ4v) is 6.10. The van der Waals surface area contributed by atoms with Gasteiger partial charge in [-0.05, 0) is 63.3 Å². The van der Waals surface area contributed by atoms with Crippen molar-refractivity contribution >= 4 is 28.8 Å². The Balaban J connectivity index is 1.74. The first-order valence-corrected chi connectivity index (χ1v) is 13.0. The summed E-state index contributed by atoms with van der Waals surface area (Å²) in [7, 11) is 2.61. The van der Waals surface area contributed by atoms with Crippen LogP contribution < -0.4 is 9.64 Å². The largest absolute Gasteiger partial charge is 0.496 e. The Morgan fingerprint density at radius 3 is 2.59 bits per heavy atom. The van der Waals surface area contributed by atoms with Gasteiger partial charge < -0.3 is 24.3 Å². The molecule has 1 fully saturated rings. The van der Waals surface area contributed by atoms with Gasteiger partial charge in [-0.3, -0.25) is 9.69 Å². The summed E-state index contributed by atoms with van der Waals surface area (Å²) in [5.74, 6) is -3.86. The summed E-state index contributed by atoms with van der Waals surface area (Å²) < 4.78 is 41.4. The van der Waals surface area contributed by atoms with E-state index in [9.17, 15) is 24.2 Å². The maximum absolute atomic E-state index is 15.1. The second-order valence-electron chi connectivity index (χ2n) is 10.2. The fraction of sp³-hybridized carbons (Fsp3) is 0.464. The maximum atomic E-state index is 15.1. The van der Waals surface area contributed by atoms with Crippen LogP contribution in [-0.4, -0.2) is 52.1 Å². The summed E-state index contributed by atoms with van der Waals surface area (Å²) in [6.45, 7) is 1.92. The van der Waals surface area contributed by atoms with Gasteiger partial charge in [0.1, 0.15) is 17.7 Å². The standard InChI is InChI=1S/C28H31F2N3O6/c1-14-7-8-17-19(32(14)28(37)39-3)10-11-20-24(17)31-26(33(20)16-6-4-5-15(13-16)27(35)36)25(34)22-21(38-2)12-9-18(29)23(22)30/h9-12,14-16,25,34H,4-8,13H2,1-3H3,(H,35,36)/t14-,15+,16+,25+/m0/s1. The van der Waals surface area contributed by atoms with E-state index in [0.717, 1.165) is 11.6 Å². The van der Waals surface area contributed by atoms with Gasteiger partial charge in [-0.2, -0.15) is 0 Å². The van der Waals surface area contributed by atoms with Crippen molar-refractivity contribution in [3.8, 4) is 5.75 Å². The molecule has 3 aromatic rings. The number of carboxylic acids is 1. The summed E-state index contributed by atoms with van der Waals surface area (Å²) in [6.07, 6.45) is 1.12. The lowest BCUT2D eigenvalue weighted by Gasteiger charge is -2.34. The minimum atomic E-state index is -1.71. The van der Waals surface area contributed by atoms with Crippen LogP contribution >= 0.6 is 0 Å². The number of carbonyl (C=O) groups excluding carboxylic acids is 1. The second kappa shape index (κ2) is 10.4. The summed E-state index contributed by atoms with van der Waals surface area (Å²) in [4.78, 5) is 30.8. The monoisotopic (exact) mass is 543 g/mol. The van der Waals surface area contributed by atoms with Crippen molar-refractivity contribution in [1.29, 1.82) is 0 Å². The number of halogens is 2. The van der Waals surface area contributed by atoms with E-state index in [4.69, 9.17) is 14.5 Å². The van der Waals surface area contributed by atoms with Crippen LogP contribution in [0.2, 0.25) is 0 Å². The summed E-state index contributed by atoms with van der Waals surface area (Å²) in [5.41, 5.74) is 2.13. The minimum absolute atomic E-state index is 0.0419. The van der Waals surface area contributed by atoms with Crippen molar-refractivity contribution in [2.75, 3.05) is 19.1 Å². The van der Waals surface area contributed by atoms with Crippen molar-refractivity contribution in [3.05, 3.63) is 52.9 Å². The topological polar surface area (TPSA) is 114 Å². The molecule has 208 valence electrons. The third-order valence-corrected chi connectivity index (χ3v) is 8.04. The molecule has 9 nitrogen and oxygen atoms in total. The highest BCUT2D eigenvalue weighted by Gasteiger charge is 2.36. The fourth-order valence-electron chi connectivity index (χ4n) is 6.10. The van der Waals surface area contributed by atoms with Crippen molar-refractivity contribution in [2.24, 2.45) is 5.92 Å². The van der Waals surface area contributed by atoms with Gasteiger partial charge in [0.25, 0.3) is 0 Å². The third-order valence-electron chi connectivity index (χ3n) is 8.04. The van der Waals surface area contributed by atoms with E-state index in [2.05, 4.69) is 0 Å². The molecule has 1 aromatic heterocycles. The van der Waals surface area contributed by atoms with E-state index >= 15 is 4.39 Å². The second-order valence-corrected chi connectivity index (χ2v) is 10.2. The first-order valence-electron chi connectivity index (χ1n) is 13.0. The molecule has 2 N–H and O–H groups in total. The van der Waals surface area contributed by atoms with E-state index in [1.54, 1.807) is 21.6 Å². The van der Waals surface area contributed by atoms with Crippen LogP contribution in [0.5, 0.6) is 5.75 Å². The summed E-state index contributed by atoms with van der Waals surface area (Å²) >= 11 is 0. The number of aliphatic carboxylic acids is 1. The van der Waals surface area contributed by atoms with Gasteiger partial charge in [-0.15, -0.1) is 0 Å². The first-order chi connectivity index (χ1) is 18.7. The Hall–Kier alpha value is -3.73. The Labute approximate surface area is 224 Å². The number of nitrogens with zero attached hydrogens (tertiary/aromatic N) is 3. The van der Waals surface area contributed by atoms with Crippen LogP contribution in [0.1, 0.15) is 68.1 Å². The molecule has 0 radical (unpaired) electrons. The Kier molecular flexibility index (Phi) is 7.19. The normalized spacial score (nSPS) is 21.9. The maximum Gasteiger partial charge on any atom is 0.414 e. The number of amides is 1. The quantitative estimate of drug-likeness (QED) is 0.459. The average molecular weight is 544 g/mol. The van der Waals surface area contributed by atoms with E-state index in [1.165, 1.54) is 20.3 Å². The molecule has 0 unspecified atom stereocenters. The molecule has 11 heteroatoms. The molecule has 0 spiro atoms. The lowest BCUT2D eigenvalue weighted by atomic mass is 9.85. The number of carbonyl (C=O) groups is 2. The van der Waals surface area contributed by atoms with E-state index in [1.807, 2.05) is 6.92 Å². The number of benzene rings is 2. The van der Waals surface area contributed by atoms with Crippen molar-refractivity contribution < 1.29 is 38.1 Å². The molecular formula is C28H31F2N3O6. The zero-order valence-corrected chi connectivity index (χ0v) is 22.0. The number of carboxylic acid groups (broad SMARTS) is 1. The third kappa shape index (κ3) is 4.48. The lowest BCUT2D eigenvalue weighted by Crippen LogP contribution is -2.42. The predicted octanol–water partition coefficient (Wildman–Crippen LogP) is 5.13. The highest BCUT2D eigenvalue weighted by atomic mass is 19.2. The number of fused-ring (bicyclic) bond motifs is 3. The molecule has 1 aliphatic heterocycles. The van der Waals surface area contributed by atoms with Crippen molar-refractivity contribution in [2.45, 2.75) is 63.6 Å². The van der Waals surface area contributed by atoms with Gasteiger partial charge in [0, 0.05) is 17.6 Å². The van der Waals surface area contributed by atoms with Crippen LogP contribution in [0.3, 0.4) is 0 Å². The van der Waals surface area contributed by atoms with Gasteiger partial charge >= 0.3 is 12.1 Å². The average Bonchev–Trinajstić information content (AvgIpc) is 3.33. The Morgan fingerprint density at radius 2 is 1.90 bits per heavy atom. The molecule has 1 saturated carbocycles. The molecule has 2 aliphatic rings. The Morgan fingerprint density at radius 1 is 1.13 bits per heavy atom. The zero-order valence-electron chi connectivity index (χ0n) is 22.0. The van der Waals surface area contributed by atoms with Gasteiger partial charge in [-0.1, -0.05) is 6.42 Å². The van der Waals surface area contributed by atoms with E-state index < -0.39 is 41.3 Å².